The van der Waals surface area contributed by atoms with Gasteiger partial charge in [0, 0.05) is 17.0 Å². The van der Waals surface area contributed by atoms with Crippen molar-refractivity contribution >= 4 is 18.3 Å². The van der Waals surface area contributed by atoms with Crippen LogP contribution in [-0.4, -0.2) is 22.1 Å². The van der Waals surface area contributed by atoms with E-state index in [0.717, 1.165) is 11.1 Å². The van der Waals surface area contributed by atoms with Crippen molar-refractivity contribution < 1.29 is 10.2 Å². The Labute approximate surface area is 95.3 Å². The van der Waals surface area contributed by atoms with E-state index < -0.39 is 12.2 Å². The molecule has 0 aliphatic carbocycles. The van der Waals surface area contributed by atoms with Crippen LogP contribution in [0.25, 0.3) is 0 Å². The van der Waals surface area contributed by atoms with Crippen molar-refractivity contribution in [3.8, 4) is 0 Å². The van der Waals surface area contributed by atoms with E-state index in [1.54, 1.807) is 6.07 Å². The summed E-state index contributed by atoms with van der Waals surface area (Å²) in [6.07, 6.45) is -1.86. The molecule has 0 aliphatic heterocycles. The summed E-state index contributed by atoms with van der Waals surface area (Å²) in [4.78, 5) is 0. The van der Waals surface area contributed by atoms with Crippen LogP contribution < -0.4 is 5.73 Å². The second kappa shape index (κ2) is 4.88. The lowest BCUT2D eigenvalue weighted by atomic mass is 9.98. The van der Waals surface area contributed by atoms with Gasteiger partial charge in [-0.25, -0.2) is 0 Å². The number of aliphatic hydroxyl groups is 2. The van der Waals surface area contributed by atoms with Crippen molar-refractivity contribution in [2.24, 2.45) is 0 Å². The number of aryl methyl sites for hydroxylation is 2. The minimum atomic E-state index is -0.971. The Kier molecular flexibility index (Phi) is 4.02. The minimum absolute atomic E-state index is 0.202. The summed E-state index contributed by atoms with van der Waals surface area (Å²) in [5.41, 5.74) is 8.89. The fourth-order valence-corrected chi connectivity index (χ4v) is 1.76. The highest BCUT2D eigenvalue weighted by Gasteiger charge is 2.20. The highest BCUT2D eigenvalue weighted by molar-refractivity contribution is 7.80. The zero-order valence-corrected chi connectivity index (χ0v) is 9.83. The fourth-order valence-electron chi connectivity index (χ4n) is 1.56. The summed E-state index contributed by atoms with van der Waals surface area (Å²) in [6.45, 7) is 3.81. The van der Waals surface area contributed by atoms with Gasteiger partial charge in [0.15, 0.2) is 0 Å². The normalized spacial score (nSPS) is 15.0. The van der Waals surface area contributed by atoms with Gasteiger partial charge in [-0.3, -0.25) is 0 Å². The van der Waals surface area contributed by atoms with Gasteiger partial charge in [0.2, 0.25) is 0 Å². The molecule has 0 heterocycles. The molecule has 0 aliphatic rings. The Balaban J connectivity index is 3.13. The van der Waals surface area contributed by atoms with Gasteiger partial charge in [0.25, 0.3) is 0 Å². The van der Waals surface area contributed by atoms with E-state index in [4.69, 9.17) is 5.73 Å². The number of rotatable bonds is 3. The van der Waals surface area contributed by atoms with Crippen LogP contribution in [-0.2, 0) is 0 Å². The maximum absolute atomic E-state index is 9.84. The number of thiol groups is 1. The Morgan fingerprint density at radius 3 is 2.47 bits per heavy atom. The summed E-state index contributed by atoms with van der Waals surface area (Å²) in [7, 11) is 0. The van der Waals surface area contributed by atoms with Crippen LogP contribution in [0.3, 0.4) is 0 Å². The molecule has 1 rings (SSSR count). The van der Waals surface area contributed by atoms with Gasteiger partial charge in [0.1, 0.15) is 6.10 Å². The molecule has 3 nitrogen and oxygen atoms in total. The molecule has 0 saturated heterocycles. The van der Waals surface area contributed by atoms with Gasteiger partial charge in [0.05, 0.1) is 6.10 Å². The first-order valence-electron chi connectivity index (χ1n) is 4.81. The summed E-state index contributed by atoms with van der Waals surface area (Å²) >= 11 is 3.94. The van der Waals surface area contributed by atoms with E-state index in [1.165, 1.54) is 0 Å². The lowest BCUT2D eigenvalue weighted by Gasteiger charge is -2.19. The van der Waals surface area contributed by atoms with Gasteiger partial charge in [-0.05, 0) is 19.4 Å². The van der Waals surface area contributed by atoms with Crippen LogP contribution in [0.4, 0.5) is 5.69 Å². The number of benzene rings is 1. The van der Waals surface area contributed by atoms with Crippen LogP contribution >= 0.6 is 12.6 Å². The van der Waals surface area contributed by atoms with E-state index >= 15 is 0 Å². The van der Waals surface area contributed by atoms with Gasteiger partial charge >= 0.3 is 0 Å². The molecule has 0 amide bonds. The predicted molar refractivity (Wildman–Crippen MR) is 65.1 cm³/mol. The van der Waals surface area contributed by atoms with Crippen molar-refractivity contribution in [2.75, 3.05) is 11.5 Å². The highest BCUT2D eigenvalue weighted by atomic mass is 32.1. The molecule has 0 bridgehead atoms. The molecule has 84 valence electrons. The summed E-state index contributed by atoms with van der Waals surface area (Å²) < 4.78 is 0. The van der Waals surface area contributed by atoms with E-state index in [-0.39, 0.29) is 5.75 Å². The fraction of sp³-hybridized carbons (Fsp3) is 0.455. The third kappa shape index (κ3) is 2.65. The van der Waals surface area contributed by atoms with E-state index in [9.17, 15) is 10.2 Å². The molecule has 0 radical (unpaired) electrons. The molecule has 0 aromatic heterocycles. The van der Waals surface area contributed by atoms with Crippen LogP contribution in [0.15, 0.2) is 12.1 Å². The summed E-state index contributed by atoms with van der Waals surface area (Å²) in [6, 6.07) is 3.73. The molecule has 1 aromatic rings. The number of hydrogen-bond acceptors (Lipinski definition) is 4. The predicted octanol–water partition coefficient (Wildman–Crippen LogP) is 1.21. The first kappa shape index (κ1) is 12.4. The smallest absolute Gasteiger partial charge is 0.108 e. The third-order valence-corrected chi connectivity index (χ3v) is 2.81. The molecule has 0 fully saturated rings. The van der Waals surface area contributed by atoms with E-state index in [2.05, 4.69) is 12.6 Å². The molecule has 2 atom stereocenters. The van der Waals surface area contributed by atoms with E-state index in [1.807, 2.05) is 19.9 Å². The van der Waals surface area contributed by atoms with Gasteiger partial charge in [-0.2, -0.15) is 12.6 Å². The largest absolute Gasteiger partial charge is 0.398 e. The second-order valence-electron chi connectivity index (χ2n) is 3.78. The van der Waals surface area contributed by atoms with Crippen LogP contribution in [0, 0.1) is 13.8 Å². The first-order valence-corrected chi connectivity index (χ1v) is 5.44. The molecule has 0 spiro atoms. The lowest BCUT2D eigenvalue weighted by molar-refractivity contribution is 0.0342. The number of hydrogen-bond donors (Lipinski definition) is 4. The standard InChI is InChI=1S/C11H17NO2S/c1-6-3-7(2)10(12)8(4-6)11(14)9(13)5-15/h3-4,9,11,13-15H,5,12H2,1-2H3. The highest BCUT2D eigenvalue weighted by Crippen LogP contribution is 2.27. The maximum Gasteiger partial charge on any atom is 0.108 e. The number of nitrogen functional groups attached to an aromatic ring is 1. The van der Waals surface area contributed by atoms with Crippen molar-refractivity contribution in [3.63, 3.8) is 0 Å². The molecular formula is C11H17NO2S. The Morgan fingerprint density at radius 1 is 1.33 bits per heavy atom. The van der Waals surface area contributed by atoms with Gasteiger partial charge < -0.3 is 15.9 Å². The maximum atomic E-state index is 9.84. The minimum Gasteiger partial charge on any atom is -0.398 e. The van der Waals surface area contributed by atoms with Gasteiger partial charge in [-0.1, -0.05) is 17.7 Å². The van der Waals surface area contributed by atoms with E-state index in [0.29, 0.717) is 11.3 Å². The average Bonchev–Trinajstić information content (AvgIpc) is 2.21. The van der Waals surface area contributed by atoms with Gasteiger partial charge in [-0.15, -0.1) is 0 Å². The first-order chi connectivity index (χ1) is 6.97. The summed E-state index contributed by atoms with van der Waals surface area (Å²) in [5, 5.41) is 19.3. The molecule has 1 aromatic carbocycles. The van der Waals surface area contributed by atoms with Crippen molar-refractivity contribution in [1.82, 2.24) is 0 Å². The third-order valence-electron chi connectivity index (χ3n) is 2.43. The Hall–Kier alpha value is -0.710. The van der Waals surface area contributed by atoms with Crippen LogP contribution in [0.5, 0.6) is 0 Å². The number of anilines is 1. The molecule has 4 heteroatoms. The summed E-state index contributed by atoms with van der Waals surface area (Å²) in [5.74, 6) is 0.202. The van der Waals surface area contributed by atoms with Crippen LogP contribution in [0.2, 0.25) is 0 Å². The van der Waals surface area contributed by atoms with Crippen molar-refractivity contribution in [3.05, 3.63) is 28.8 Å². The monoisotopic (exact) mass is 227 g/mol. The number of aliphatic hydroxyl groups excluding tert-OH is 2. The molecular weight excluding hydrogens is 210 g/mol. The molecule has 0 saturated carbocycles. The van der Waals surface area contributed by atoms with Crippen molar-refractivity contribution in [1.29, 1.82) is 0 Å². The topological polar surface area (TPSA) is 66.5 Å². The molecule has 2 unspecified atom stereocenters. The average molecular weight is 227 g/mol. The van der Waals surface area contributed by atoms with Crippen molar-refractivity contribution in [2.45, 2.75) is 26.1 Å². The zero-order valence-electron chi connectivity index (χ0n) is 8.94. The zero-order chi connectivity index (χ0) is 11.6. The lowest BCUT2D eigenvalue weighted by Crippen LogP contribution is -2.21. The SMILES string of the molecule is Cc1cc(C)c(N)c(C(O)C(O)CS)c1. The quantitative estimate of drug-likeness (QED) is 0.463. The number of nitrogens with two attached hydrogens (primary N) is 1. The van der Waals surface area contributed by atoms with Crippen LogP contribution in [0.1, 0.15) is 22.8 Å². The second-order valence-corrected chi connectivity index (χ2v) is 4.14. The molecule has 15 heavy (non-hydrogen) atoms. The Morgan fingerprint density at radius 2 is 1.93 bits per heavy atom. The Bertz CT molecular complexity index is 355. The molecule has 4 N–H and O–H groups in total.